The van der Waals surface area contributed by atoms with Crippen LogP contribution in [0, 0.1) is 6.92 Å². The highest BCUT2D eigenvalue weighted by atomic mass is 16.5. The van der Waals surface area contributed by atoms with E-state index in [1.54, 1.807) is 7.11 Å². The predicted molar refractivity (Wildman–Crippen MR) is 79.6 cm³/mol. The molecule has 18 heavy (non-hydrogen) atoms. The summed E-state index contributed by atoms with van der Waals surface area (Å²) >= 11 is 0. The fourth-order valence-electron chi connectivity index (χ4n) is 2.24. The normalized spacial score (nSPS) is 12.1. The zero-order valence-electron chi connectivity index (χ0n) is 12.6. The third-order valence-electron chi connectivity index (χ3n) is 3.14. The van der Waals surface area contributed by atoms with Gasteiger partial charge >= 0.3 is 0 Å². The Hall–Kier alpha value is -1.24. The Labute approximate surface area is 112 Å². The Balaban J connectivity index is 3.20. The number of ether oxygens (including phenoxy) is 1. The zero-order valence-corrected chi connectivity index (χ0v) is 12.6. The third kappa shape index (κ3) is 3.63. The van der Waals surface area contributed by atoms with E-state index in [9.17, 15) is 0 Å². The number of allylic oxidation sites excluding steroid dienone is 2. The van der Waals surface area contributed by atoms with Crippen molar-refractivity contribution in [2.24, 2.45) is 0 Å². The molecule has 0 saturated heterocycles. The summed E-state index contributed by atoms with van der Waals surface area (Å²) < 4.78 is 5.66. The van der Waals surface area contributed by atoms with Gasteiger partial charge in [-0.1, -0.05) is 50.6 Å². The first-order valence-electron chi connectivity index (χ1n) is 6.69. The summed E-state index contributed by atoms with van der Waals surface area (Å²) in [5.41, 5.74) is 4.06. The lowest BCUT2D eigenvalue weighted by Gasteiger charge is -2.24. The van der Waals surface area contributed by atoms with E-state index < -0.39 is 0 Å². The summed E-state index contributed by atoms with van der Waals surface area (Å²) in [6.07, 6.45) is 6.42. The first-order valence-corrected chi connectivity index (χ1v) is 6.69. The Morgan fingerprint density at radius 3 is 2.39 bits per heavy atom. The number of rotatable bonds is 4. The van der Waals surface area contributed by atoms with Crippen molar-refractivity contribution in [1.29, 1.82) is 0 Å². The van der Waals surface area contributed by atoms with E-state index in [0.717, 1.165) is 18.6 Å². The molecule has 1 nitrogen and oxygen atoms in total. The number of benzene rings is 1. The first-order chi connectivity index (χ1) is 8.40. The summed E-state index contributed by atoms with van der Waals surface area (Å²) in [5, 5.41) is 0. The lowest BCUT2D eigenvalue weighted by Crippen LogP contribution is -2.14. The van der Waals surface area contributed by atoms with Crippen LogP contribution in [-0.2, 0) is 11.8 Å². The van der Waals surface area contributed by atoms with Crippen LogP contribution < -0.4 is 4.74 Å². The summed E-state index contributed by atoms with van der Waals surface area (Å²) in [5.74, 6) is 1.07. The molecule has 0 aliphatic rings. The highest BCUT2D eigenvalue weighted by Crippen LogP contribution is 2.35. The maximum absolute atomic E-state index is 5.66. The van der Waals surface area contributed by atoms with Crippen LogP contribution in [0.15, 0.2) is 24.3 Å². The highest BCUT2D eigenvalue weighted by Gasteiger charge is 2.21. The van der Waals surface area contributed by atoms with Crippen LogP contribution in [0.25, 0.3) is 0 Å². The summed E-state index contributed by atoms with van der Waals surface area (Å²) in [6.45, 7) is 10.9. The summed E-state index contributed by atoms with van der Waals surface area (Å²) in [4.78, 5) is 0. The van der Waals surface area contributed by atoms with Crippen LogP contribution in [0.3, 0.4) is 0 Å². The molecule has 1 heteroatoms. The molecule has 1 aromatic carbocycles. The Kier molecular flexibility index (Phi) is 5.01. The number of aryl methyl sites for hydroxylation is 2. The zero-order chi connectivity index (χ0) is 13.8. The second-order valence-corrected chi connectivity index (χ2v) is 5.86. The molecule has 0 spiro atoms. The summed E-state index contributed by atoms with van der Waals surface area (Å²) in [6, 6.07) is 4.50. The van der Waals surface area contributed by atoms with Crippen LogP contribution in [0.4, 0.5) is 0 Å². The SMILES string of the molecule is C/C=C\CCc1cc(C)cc(C(C)(C)C)c1OC. The van der Waals surface area contributed by atoms with Crippen molar-refractivity contribution in [3.05, 3.63) is 41.0 Å². The average Bonchev–Trinajstić information content (AvgIpc) is 2.27. The van der Waals surface area contributed by atoms with Crippen LogP contribution in [0.1, 0.15) is 50.8 Å². The van der Waals surface area contributed by atoms with Gasteiger partial charge in [-0.15, -0.1) is 0 Å². The van der Waals surface area contributed by atoms with E-state index in [2.05, 4.69) is 58.9 Å². The molecule has 0 N–H and O–H groups in total. The van der Waals surface area contributed by atoms with Gasteiger partial charge in [0.05, 0.1) is 7.11 Å². The molecule has 1 rings (SSSR count). The van der Waals surface area contributed by atoms with Crippen molar-refractivity contribution in [2.75, 3.05) is 7.11 Å². The van der Waals surface area contributed by atoms with Gasteiger partial charge < -0.3 is 4.74 Å². The standard InChI is InChI=1S/C17H26O/c1-7-8-9-10-14-11-13(2)12-15(16(14)18-6)17(3,4)5/h7-8,11-12H,9-10H2,1-6H3/b8-7-. The lowest BCUT2D eigenvalue weighted by atomic mass is 9.83. The smallest absolute Gasteiger partial charge is 0.125 e. The molecule has 0 aliphatic heterocycles. The summed E-state index contributed by atoms with van der Waals surface area (Å²) in [7, 11) is 1.78. The van der Waals surface area contributed by atoms with Gasteiger partial charge in [0.1, 0.15) is 5.75 Å². The predicted octanol–water partition coefficient (Wildman–Crippen LogP) is 4.81. The van der Waals surface area contributed by atoms with E-state index in [0.29, 0.717) is 0 Å². The third-order valence-corrected chi connectivity index (χ3v) is 3.14. The van der Waals surface area contributed by atoms with Crippen LogP contribution in [-0.4, -0.2) is 7.11 Å². The minimum Gasteiger partial charge on any atom is -0.496 e. The van der Waals surface area contributed by atoms with Gasteiger partial charge in [-0.25, -0.2) is 0 Å². The topological polar surface area (TPSA) is 9.23 Å². The van der Waals surface area contributed by atoms with Crippen molar-refractivity contribution in [1.82, 2.24) is 0 Å². The Morgan fingerprint density at radius 2 is 1.89 bits per heavy atom. The molecule has 0 saturated carbocycles. The van der Waals surface area contributed by atoms with Crippen molar-refractivity contribution < 1.29 is 4.74 Å². The van der Waals surface area contributed by atoms with E-state index in [1.807, 2.05) is 0 Å². The molecule has 0 atom stereocenters. The molecular weight excluding hydrogens is 220 g/mol. The van der Waals surface area contributed by atoms with Crippen molar-refractivity contribution >= 4 is 0 Å². The first kappa shape index (κ1) is 14.8. The maximum atomic E-state index is 5.66. The molecule has 0 radical (unpaired) electrons. The quantitative estimate of drug-likeness (QED) is 0.693. The number of methoxy groups -OCH3 is 1. The monoisotopic (exact) mass is 246 g/mol. The Morgan fingerprint density at radius 1 is 1.22 bits per heavy atom. The fourth-order valence-corrected chi connectivity index (χ4v) is 2.24. The second-order valence-electron chi connectivity index (χ2n) is 5.86. The van der Waals surface area contributed by atoms with Gasteiger partial charge in [-0.05, 0) is 37.7 Å². The molecule has 1 aromatic rings. The van der Waals surface area contributed by atoms with E-state index >= 15 is 0 Å². The molecule has 0 fully saturated rings. The van der Waals surface area contributed by atoms with Gasteiger partial charge in [0.2, 0.25) is 0 Å². The van der Waals surface area contributed by atoms with Gasteiger partial charge in [-0.3, -0.25) is 0 Å². The molecule has 0 bridgehead atoms. The molecule has 0 aromatic heterocycles. The van der Waals surface area contributed by atoms with E-state index in [-0.39, 0.29) is 5.41 Å². The molecule has 0 amide bonds. The van der Waals surface area contributed by atoms with Crippen molar-refractivity contribution in [3.8, 4) is 5.75 Å². The maximum Gasteiger partial charge on any atom is 0.125 e. The van der Waals surface area contributed by atoms with Crippen molar-refractivity contribution in [3.63, 3.8) is 0 Å². The van der Waals surface area contributed by atoms with Crippen LogP contribution in [0.2, 0.25) is 0 Å². The minimum atomic E-state index is 0.118. The largest absolute Gasteiger partial charge is 0.496 e. The van der Waals surface area contributed by atoms with Crippen molar-refractivity contribution in [2.45, 2.75) is 52.9 Å². The molecule has 100 valence electrons. The lowest BCUT2D eigenvalue weighted by molar-refractivity contribution is 0.392. The minimum absolute atomic E-state index is 0.118. The highest BCUT2D eigenvalue weighted by molar-refractivity contribution is 5.48. The average molecular weight is 246 g/mol. The van der Waals surface area contributed by atoms with E-state index in [1.165, 1.54) is 16.7 Å². The van der Waals surface area contributed by atoms with Gasteiger partial charge in [0.25, 0.3) is 0 Å². The molecule has 0 unspecified atom stereocenters. The number of hydrogen-bond acceptors (Lipinski definition) is 1. The van der Waals surface area contributed by atoms with Gasteiger partial charge in [-0.2, -0.15) is 0 Å². The molecule has 0 aliphatic carbocycles. The van der Waals surface area contributed by atoms with Gasteiger partial charge in [0.15, 0.2) is 0 Å². The second kappa shape index (κ2) is 6.08. The van der Waals surface area contributed by atoms with E-state index in [4.69, 9.17) is 4.74 Å². The fraction of sp³-hybridized carbons (Fsp3) is 0.529. The van der Waals surface area contributed by atoms with Crippen LogP contribution in [0.5, 0.6) is 5.75 Å². The van der Waals surface area contributed by atoms with Crippen LogP contribution >= 0.6 is 0 Å². The Bertz CT molecular complexity index is 422. The van der Waals surface area contributed by atoms with Gasteiger partial charge in [0, 0.05) is 5.56 Å². The molecular formula is C17H26O. The number of hydrogen-bond donors (Lipinski definition) is 0. The molecule has 0 heterocycles.